The second kappa shape index (κ2) is 3.75. The van der Waals surface area contributed by atoms with Crippen LogP contribution < -0.4 is 10.6 Å². The summed E-state index contributed by atoms with van der Waals surface area (Å²) >= 11 is 0. The standard InChI is InChI=1S/C8H11N3O2/c1-11(8(12)13-2)7-5-6(9)3-4-10-7/h3-5H,1-2H3,(H2,9,10). The van der Waals surface area contributed by atoms with Gasteiger partial charge >= 0.3 is 6.09 Å². The maximum Gasteiger partial charge on any atom is 0.414 e. The summed E-state index contributed by atoms with van der Waals surface area (Å²) < 4.78 is 4.51. The van der Waals surface area contributed by atoms with E-state index in [2.05, 4.69) is 9.72 Å². The zero-order chi connectivity index (χ0) is 9.84. The summed E-state index contributed by atoms with van der Waals surface area (Å²) in [5, 5.41) is 0. The van der Waals surface area contributed by atoms with Crippen LogP contribution in [0.4, 0.5) is 16.3 Å². The van der Waals surface area contributed by atoms with Crippen molar-refractivity contribution in [1.82, 2.24) is 4.98 Å². The monoisotopic (exact) mass is 181 g/mol. The lowest BCUT2D eigenvalue weighted by Crippen LogP contribution is -2.26. The number of carbonyl (C=O) groups excluding carboxylic acids is 1. The van der Waals surface area contributed by atoms with E-state index in [1.807, 2.05) is 0 Å². The van der Waals surface area contributed by atoms with E-state index >= 15 is 0 Å². The van der Waals surface area contributed by atoms with Crippen LogP contribution in [0.5, 0.6) is 0 Å². The van der Waals surface area contributed by atoms with Crippen LogP contribution in [0.15, 0.2) is 18.3 Å². The fourth-order valence-electron chi connectivity index (χ4n) is 0.848. The van der Waals surface area contributed by atoms with Crippen molar-refractivity contribution in [3.8, 4) is 0 Å². The average Bonchev–Trinajstić information content (AvgIpc) is 2.15. The van der Waals surface area contributed by atoms with Gasteiger partial charge in [-0.1, -0.05) is 0 Å². The Morgan fingerprint density at radius 2 is 2.38 bits per heavy atom. The van der Waals surface area contributed by atoms with Crippen LogP contribution in [0.25, 0.3) is 0 Å². The van der Waals surface area contributed by atoms with Gasteiger partial charge in [-0.15, -0.1) is 0 Å². The molecule has 0 atom stereocenters. The predicted octanol–water partition coefficient (Wildman–Crippen LogP) is 0.866. The van der Waals surface area contributed by atoms with Crippen molar-refractivity contribution in [2.24, 2.45) is 0 Å². The Kier molecular flexibility index (Phi) is 2.69. The van der Waals surface area contributed by atoms with Gasteiger partial charge in [0.1, 0.15) is 5.82 Å². The molecule has 1 amide bonds. The highest BCUT2D eigenvalue weighted by atomic mass is 16.5. The van der Waals surface area contributed by atoms with E-state index in [-0.39, 0.29) is 0 Å². The number of aromatic nitrogens is 1. The Labute approximate surface area is 76.1 Å². The van der Waals surface area contributed by atoms with E-state index < -0.39 is 6.09 Å². The maximum absolute atomic E-state index is 11.0. The van der Waals surface area contributed by atoms with E-state index in [1.54, 1.807) is 19.2 Å². The number of methoxy groups -OCH3 is 1. The van der Waals surface area contributed by atoms with E-state index in [1.165, 1.54) is 18.2 Å². The van der Waals surface area contributed by atoms with Gasteiger partial charge in [0.2, 0.25) is 0 Å². The summed E-state index contributed by atoms with van der Waals surface area (Å²) in [5.41, 5.74) is 6.08. The van der Waals surface area contributed by atoms with Crippen LogP contribution in [0.3, 0.4) is 0 Å². The van der Waals surface area contributed by atoms with Crippen molar-refractivity contribution in [2.75, 3.05) is 24.8 Å². The zero-order valence-electron chi connectivity index (χ0n) is 7.52. The molecular formula is C8H11N3O2. The van der Waals surface area contributed by atoms with Crippen molar-refractivity contribution in [2.45, 2.75) is 0 Å². The zero-order valence-corrected chi connectivity index (χ0v) is 7.52. The summed E-state index contributed by atoms with van der Waals surface area (Å²) in [6.07, 6.45) is 1.06. The van der Waals surface area contributed by atoms with Crippen LogP contribution in [-0.2, 0) is 4.74 Å². The number of rotatable bonds is 1. The highest BCUT2D eigenvalue weighted by Crippen LogP contribution is 2.12. The van der Waals surface area contributed by atoms with Crippen LogP contribution in [0, 0.1) is 0 Å². The van der Waals surface area contributed by atoms with Crippen molar-refractivity contribution >= 4 is 17.6 Å². The number of pyridine rings is 1. The van der Waals surface area contributed by atoms with Gasteiger partial charge in [0.25, 0.3) is 0 Å². The molecule has 0 fully saturated rings. The summed E-state index contributed by atoms with van der Waals surface area (Å²) in [5.74, 6) is 0.465. The SMILES string of the molecule is COC(=O)N(C)c1cc(N)ccn1. The molecule has 0 saturated heterocycles. The first-order chi connectivity index (χ1) is 6.15. The molecule has 13 heavy (non-hydrogen) atoms. The third-order valence-corrected chi connectivity index (χ3v) is 1.56. The quantitative estimate of drug-likeness (QED) is 0.697. The van der Waals surface area contributed by atoms with Gasteiger partial charge < -0.3 is 10.5 Å². The Morgan fingerprint density at radius 3 is 2.92 bits per heavy atom. The molecule has 2 N–H and O–H groups in total. The molecule has 0 unspecified atom stereocenters. The van der Waals surface area contributed by atoms with Crippen LogP contribution in [0.1, 0.15) is 0 Å². The summed E-state index contributed by atoms with van der Waals surface area (Å²) in [7, 11) is 2.87. The van der Waals surface area contributed by atoms with Gasteiger partial charge in [0, 0.05) is 25.0 Å². The molecule has 0 aliphatic carbocycles. The number of amides is 1. The highest BCUT2D eigenvalue weighted by molar-refractivity contribution is 5.86. The normalized spacial score (nSPS) is 9.38. The van der Waals surface area contributed by atoms with E-state index in [4.69, 9.17) is 5.73 Å². The number of nitrogens with two attached hydrogens (primary N) is 1. The van der Waals surface area contributed by atoms with Crippen LogP contribution >= 0.6 is 0 Å². The summed E-state index contributed by atoms with van der Waals surface area (Å²) in [4.78, 5) is 16.3. The number of carbonyl (C=O) groups is 1. The number of anilines is 2. The Morgan fingerprint density at radius 1 is 1.69 bits per heavy atom. The lowest BCUT2D eigenvalue weighted by Gasteiger charge is -2.14. The minimum atomic E-state index is -0.474. The topological polar surface area (TPSA) is 68.5 Å². The summed E-state index contributed by atoms with van der Waals surface area (Å²) in [6, 6.07) is 3.24. The van der Waals surface area contributed by atoms with Crippen molar-refractivity contribution < 1.29 is 9.53 Å². The first kappa shape index (κ1) is 9.31. The molecule has 5 nitrogen and oxygen atoms in total. The molecule has 1 rings (SSSR count). The number of nitrogen functional groups attached to an aromatic ring is 1. The molecule has 0 aliphatic rings. The molecule has 1 aromatic rings. The minimum Gasteiger partial charge on any atom is -0.452 e. The first-order valence-corrected chi connectivity index (χ1v) is 3.68. The van der Waals surface area contributed by atoms with Gasteiger partial charge in [0.05, 0.1) is 7.11 Å². The number of hydrogen-bond acceptors (Lipinski definition) is 4. The maximum atomic E-state index is 11.0. The van der Waals surface area contributed by atoms with E-state index in [0.29, 0.717) is 11.5 Å². The summed E-state index contributed by atoms with van der Waals surface area (Å²) in [6.45, 7) is 0. The molecule has 0 radical (unpaired) electrons. The van der Waals surface area contributed by atoms with Gasteiger partial charge in [-0.05, 0) is 6.07 Å². The number of nitrogens with zero attached hydrogens (tertiary/aromatic N) is 2. The minimum absolute atomic E-state index is 0.465. The third kappa shape index (κ3) is 2.08. The third-order valence-electron chi connectivity index (χ3n) is 1.56. The Balaban J connectivity index is 2.88. The molecule has 0 aromatic carbocycles. The second-order valence-corrected chi connectivity index (χ2v) is 2.48. The molecule has 0 spiro atoms. The smallest absolute Gasteiger partial charge is 0.414 e. The largest absolute Gasteiger partial charge is 0.452 e. The molecule has 70 valence electrons. The van der Waals surface area contributed by atoms with Gasteiger partial charge in [0.15, 0.2) is 0 Å². The number of hydrogen-bond donors (Lipinski definition) is 1. The molecule has 0 bridgehead atoms. The molecule has 0 aliphatic heterocycles. The second-order valence-electron chi connectivity index (χ2n) is 2.48. The lowest BCUT2D eigenvalue weighted by molar-refractivity contribution is 0.180. The van der Waals surface area contributed by atoms with Gasteiger partial charge in [-0.25, -0.2) is 9.78 Å². The van der Waals surface area contributed by atoms with Crippen molar-refractivity contribution in [3.05, 3.63) is 18.3 Å². The average molecular weight is 181 g/mol. The molecular weight excluding hydrogens is 170 g/mol. The Bertz CT molecular complexity index is 314. The van der Waals surface area contributed by atoms with Crippen molar-refractivity contribution in [1.29, 1.82) is 0 Å². The highest BCUT2D eigenvalue weighted by Gasteiger charge is 2.11. The fraction of sp³-hybridized carbons (Fsp3) is 0.250. The van der Waals surface area contributed by atoms with Gasteiger partial charge in [-0.2, -0.15) is 0 Å². The lowest BCUT2D eigenvalue weighted by atomic mass is 10.4. The van der Waals surface area contributed by atoms with E-state index in [0.717, 1.165) is 0 Å². The molecule has 5 heteroatoms. The van der Waals surface area contributed by atoms with Gasteiger partial charge in [-0.3, -0.25) is 4.90 Å². The van der Waals surface area contributed by atoms with E-state index in [9.17, 15) is 4.79 Å². The first-order valence-electron chi connectivity index (χ1n) is 3.68. The van der Waals surface area contributed by atoms with Crippen LogP contribution in [-0.4, -0.2) is 25.2 Å². The molecule has 0 saturated carbocycles. The van der Waals surface area contributed by atoms with Crippen molar-refractivity contribution in [3.63, 3.8) is 0 Å². The van der Waals surface area contributed by atoms with Crippen LogP contribution in [0.2, 0.25) is 0 Å². The predicted molar refractivity (Wildman–Crippen MR) is 49.5 cm³/mol. The molecule has 1 heterocycles. The Hall–Kier alpha value is -1.78. The molecule has 1 aromatic heterocycles. The fourth-order valence-corrected chi connectivity index (χ4v) is 0.848. The number of ether oxygens (including phenoxy) is 1.